The van der Waals surface area contributed by atoms with Gasteiger partial charge in [0, 0.05) is 6.42 Å². The number of hydrogen-bond acceptors (Lipinski definition) is 3. The second-order valence-corrected chi connectivity index (χ2v) is 4.88. The third kappa shape index (κ3) is 2.70. The number of nitrogens with zero attached hydrogens (tertiary/aromatic N) is 1. The van der Waals surface area contributed by atoms with Crippen LogP contribution in [0.25, 0.3) is 0 Å². The van der Waals surface area contributed by atoms with Crippen molar-refractivity contribution in [2.45, 2.75) is 13.3 Å². The van der Waals surface area contributed by atoms with Gasteiger partial charge in [0.2, 0.25) is 0 Å². The molecule has 2 rings (SSSR count). The van der Waals surface area contributed by atoms with E-state index in [-0.39, 0.29) is 17.2 Å². The van der Waals surface area contributed by atoms with Crippen LogP contribution in [0.4, 0.5) is 4.39 Å². The Balaban J connectivity index is 2.19. The molecular formula is C12H9ClFNOS. The lowest BCUT2D eigenvalue weighted by molar-refractivity contribution is 0.0996. The molecule has 0 aliphatic carbocycles. The minimum Gasteiger partial charge on any atom is -0.293 e. The zero-order valence-corrected chi connectivity index (χ0v) is 10.6. The van der Waals surface area contributed by atoms with Crippen LogP contribution < -0.4 is 0 Å². The molecule has 0 bridgehead atoms. The number of benzene rings is 1. The molecule has 17 heavy (non-hydrogen) atoms. The summed E-state index contributed by atoms with van der Waals surface area (Å²) in [7, 11) is 0. The predicted molar refractivity (Wildman–Crippen MR) is 66.3 cm³/mol. The number of halogens is 2. The highest BCUT2D eigenvalue weighted by molar-refractivity contribution is 7.11. The minimum atomic E-state index is -0.502. The number of ketones is 1. The van der Waals surface area contributed by atoms with E-state index in [1.165, 1.54) is 23.5 Å². The molecule has 2 aromatic rings. The normalized spacial score (nSPS) is 10.5. The predicted octanol–water partition coefficient (Wildman–Crippen LogP) is 3.67. The maximum atomic E-state index is 13.2. The maximum absolute atomic E-state index is 13.2. The molecule has 0 fully saturated rings. The first-order chi connectivity index (χ1) is 8.08. The monoisotopic (exact) mass is 269 g/mol. The van der Waals surface area contributed by atoms with Crippen molar-refractivity contribution in [2.75, 3.05) is 0 Å². The molecule has 0 radical (unpaired) electrons. The number of Topliss-reactive ketones (excluding diaryl/α,β-unsaturated/α-hetero) is 1. The first kappa shape index (κ1) is 12.2. The molecule has 1 aromatic carbocycles. The van der Waals surface area contributed by atoms with E-state index in [9.17, 15) is 9.18 Å². The molecule has 0 aliphatic rings. The van der Waals surface area contributed by atoms with Crippen molar-refractivity contribution in [1.82, 2.24) is 4.98 Å². The summed E-state index contributed by atoms with van der Waals surface area (Å²) in [5.41, 5.74) is 2.96. The molecule has 0 aliphatic heterocycles. The van der Waals surface area contributed by atoms with Crippen molar-refractivity contribution in [2.24, 2.45) is 0 Å². The van der Waals surface area contributed by atoms with Crippen LogP contribution in [0.3, 0.4) is 0 Å². The number of aromatic nitrogens is 1. The largest absolute Gasteiger partial charge is 0.293 e. The van der Waals surface area contributed by atoms with Crippen molar-refractivity contribution in [1.29, 1.82) is 0 Å². The standard InChI is InChI=1S/C12H9ClFNOS/c1-7-12(17-6-15-7)11(16)5-8-2-3-9(13)10(14)4-8/h2-4,6H,5H2,1H3. The number of thiazole rings is 1. The zero-order chi connectivity index (χ0) is 12.4. The van der Waals surface area contributed by atoms with Gasteiger partial charge in [0.05, 0.1) is 21.1 Å². The fraction of sp³-hybridized carbons (Fsp3) is 0.167. The second kappa shape index (κ2) is 4.94. The van der Waals surface area contributed by atoms with E-state index in [1.807, 2.05) is 0 Å². The third-order valence-electron chi connectivity index (χ3n) is 2.35. The summed E-state index contributed by atoms with van der Waals surface area (Å²) in [6.45, 7) is 1.78. The van der Waals surface area contributed by atoms with Gasteiger partial charge in [-0.1, -0.05) is 17.7 Å². The van der Waals surface area contributed by atoms with Gasteiger partial charge in [0.1, 0.15) is 5.82 Å². The Bertz CT molecular complexity index is 567. The van der Waals surface area contributed by atoms with E-state index in [0.29, 0.717) is 10.4 Å². The summed E-state index contributed by atoms with van der Waals surface area (Å²) >= 11 is 6.88. The van der Waals surface area contributed by atoms with Crippen LogP contribution in [-0.4, -0.2) is 10.8 Å². The Hall–Kier alpha value is -1.26. The van der Waals surface area contributed by atoms with Crippen LogP contribution in [0.2, 0.25) is 5.02 Å². The van der Waals surface area contributed by atoms with Crippen LogP contribution in [0.5, 0.6) is 0 Å². The van der Waals surface area contributed by atoms with Gasteiger partial charge in [-0.15, -0.1) is 11.3 Å². The summed E-state index contributed by atoms with van der Waals surface area (Å²) in [4.78, 5) is 16.5. The van der Waals surface area contributed by atoms with Crippen LogP contribution in [0.15, 0.2) is 23.7 Å². The molecule has 0 amide bonds. The molecule has 2 nitrogen and oxygen atoms in total. The highest BCUT2D eigenvalue weighted by atomic mass is 35.5. The number of carbonyl (C=O) groups is 1. The molecule has 0 spiro atoms. The van der Waals surface area contributed by atoms with Gasteiger partial charge in [0.25, 0.3) is 0 Å². The van der Waals surface area contributed by atoms with E-state index in [0.717, 1.165) is 5.69 Å². The van der Waals surface area contributed by atoms with E-state index in [4.69, 9.17) is 11.6 Å². The fourth-order valence-corrected chi connectivity index (χ4v) is 2.35. The lowest BCUT2D eigenvalue weighted by Crippen LogP contribution is -2.03. The molecule has 5 heteroatoms. The number of hydrogen-bond donors (Lipinski definition) is 0. The SMILES string of the molecule is Cc1ncsc1C(=O)Cc1ccc(Cl)c(F)c1. The molecular weight excluding hydrogens is 261 g/mol. The highest BCUT2D eigenvalue weighted by Gasteiger charge is 2.13. The van der Waals surface area contributed by atoms with Crippen molar-refractivity contribution in [3.05, 3.63) is 50.7 Å². The Kier molecular flexibility index (Phi) is 3.54. The van der Waals surface area contributed by atoms with Gasteiger partial charge in [-0.05, 0) is 24.6 Å². The molecule has 1 aromatic heterocycles. The van der Waals surface area contributed by atoms with Crippen LogP contribution >= 0.6 is 22.9 Å². The lowest BCUT2D eigenvalue weighted by Gasteiger charge is -2.01. The molecule has 0 unspecified atom stereocenters. The topological polar surface area (TPSA) is 30.0 Å². The van der Waals surface area contributed by atoms with Gasteiger partial charge in [-0.25, -0.2) is 9.37 Å². The summed E-state index contributed by atoms with van der Waals surface area (Å²) in [6.07, 6.45) is 0.164. The number of rotatable bonds is 3. The molecule has 1 heterocycles. The average molecular weight is 270 g/mol. The van der Waals surface area contributed by atoms with Crippen molar-refractivity contribution in [3.8, 4) is 0 Å². The maximum Gasteiger partial charge on any atom is 0.179 e. The lowest BCUT2D eigenvalue weighted by atomic mass is 10.1. The first-order valence-corrected chi connectivity index (χ1v) is 6.21. The first-order valence-electron chi connectivity index (χ1n) is 4.95. The van der Waals surface area contributed by atoms with Crippen LogP contribution in [-0.2, 0) is 6.42 Å². The summed E-state index contributed by atoms with van der Waals surface area (Å²) in [6, 6.07) is 4.40. The average Bonchev–Trinajstić information content (AvgIpc) is 2.70. The van der Waals surface area contributed by atoms with Gasteiger partial charge in [0.15, 0.2) is 5.78 Å². The smallest absolute Gasteiger partial charge is 0.179 e. The number of carbonyl (C=O) groups excluding carboxylic acids is 1. The van der Waals surface area contributed by atoms with E-state index in [2.05, 4.69) is 4.98 Å². The Morgan fingerprint density at radius 2 is 2.29 bits per heavy atom. The van der Waals surface area contributed by atoms with Crippen molar-refractivity contribution >= 4 is 28.7 Å². The van der Waals surface area contributed by atoms with Gasteiger partial charge in [-0.2, -0.15) is 0 Å². The van der Waals surface area contributed by atoms with E-state index < -0.39 is 5.82 Å². The zero-order valence-electron chi connectivity index (χ0n) is 9.04. The highest BCUT2D eigenvalue weighted by Crippen LogP contribution is 2.19. The Labute approximate surface area is 107 Å². The number of aryl methyl sites for hydroxylation is 1. The summed E-state index contributed by atoms with van der Waals surface area (Å²) < 4.78 is 13.2. The Morgan fingerprint density at radius 3 is 2.88 bits per heavy atom. The molecule has 0 saturated carbocycles. The van der Waals surface area contributed by atoms with Gasteiger partial charge >= 0.3 is 0 Å². The molecule has 0 saturated heterocycles. The second-order valence-electron chi connectivity index (χ2n) is 3.62. The van der Waals surface area contributed by atoms with E-state index in [1.54, 1.807) is 18.5 Å². The van der Waals surface area contributed by atoms with Crippen LogP contribution in [0, 0.1) is 12.7 Å². The van der Waals surface area contributed by atoms with Crippen molar-refractivity contribution < 1.29 is 9.18 Å². The Morgan fingerprint density at radius 1 is 1.53 bits per heavy atom. The van der Waals surface area contributed by atoms with E-state index >= 15 is 0 Å². The molecule has 0 atom stereocenters. The minimum absolute atomic E-state index is 0.0493. The van der Waals surface area contributed by atoms with Crippen molar-refractivity contribution in [3.63, 3.8) is 0 Å². The van der Waals surface area contributed by atoms with Gasteiger partial charge < -0.3 is 0 Å². The van der Waals surface area contributed by atoms with Gasteiger partial charge in [-0.3, -0.25) is 4.79 Å². The summed E-state index contributed by atoms with van der Waals surface area (Å²) in [5, 5.41) is 0.0650. The fourth-order valence-electron chi connectivity index (χ4n) is 1.48. The molecule has 88 valence electrons. The third-order valence-corrected chi connectivity index (χ3v) is 3.62. The summed E-state index contributed by atoms with van der Waals surface area (Å²) in [5.74, 6) is -0.551. The quantitative estimate of drug-likeness (QED) is 0.796. The van der Waals surface area contributed by atoms with Crippen LogP contribution in [0.1, 0.15) is 20.9 Å². The molecule has 0 N–H and O–H groups in total.